The Morgan fingerprint density at radius 3 is 2.62 bits per heavy atom. The maximum Gasteiger partial charge on any atom is 0.251 e. The van der Waals surface area contributed by atoms with Crippen molar-refractivity contribution in [2.75, 3.05) is 13.7 Å². The summed E-state index contributed by atoms with van der Waals surface area (Å²) in [7, 11) is 1.68. The van der Waals surface area contributed by atoms with Gasteiger partial charge in [-0.3, -0.25) is 9.78 Å². The second-order valence-corrected chi connectivity index (χ2v) is 5.02. The van der Waals surface area contributed by atoms with Gasteiger partial charge in [0.1, 0.15) is 5.75 Å². The normalized spacial score (nSPS) is 10.2. The van der Waals surface area contributed by atoms with E-state index in [9.17, 15) is 4.79 Å². The number of pyridine rings is 1. The van der Waals surface area contributed by atoms with Crippen molar-refractivity contribution >= 4 is 5.91 Å². The van der Waals surface area contributed by atoms with Gasteiger partial charge in [0.05, 0.1) is 7.11 Å². The summed E-state index contributed by atoms with van der Waals surface area (Å²) in [5.74, 6) is 0.819. The Balaban J connectivity index is 1.99. The molecule has 4 nitrogen and oxygen atoms in total. The largest absolute Gasteiger partial charge is 0.496 e. The molecule has 0 aliphatic heterocycles. The minimum atomic E-state index is -0.0826. The molecule has 0 radical (unpaired) electrons. The van der Waals surface area contributed by atoms with Gasteiger partial charge in [-0.25, -0.2) is 0 Å². The fraction of sp³-hybridized carbons (Fsp3) is 0.294. The molecule has 0 aliphatic rings. The molecule has 1 aromatic carbocycles. The van der Waals surface area contributed by atoms with Crippen molar-refractivity contribution < 1.29 is 9.53 Å². The van der Waals surface area contributed by atoms with E-state index in [1.54, 1.807) is 31.6 Å². The molecule has 0 bridgehead atoms. The van der Waals surface area contributed by atoms with Gasteiger partial charge >= 0.3 is 0 Å². The van der Waals surface area contributed by atoms with Crippen molar-refractivity contribution in [3.05, 3.63) is 58.9 Å². The number of aryl methyl sites for hydroxylation is 2. The van der Waals surface area contributed by atoms with E-state index in [2.05, 4.69) is 29.4 Å². The minimum absolute atomic E-state index is 0.0826. The number of hydrogen-bond donors (Lipinski definition) is 1. The van der Waals surface area contributed by atoms with E-state index in [4.69, 9.17) is 4.74 Å². The van der Waals surface area contributed by atoms with E-state index in [-0.39, 0.29) is 5.91 Å². The third-order valence-electron chi connectivity index (χ3n) is 3.32. The smallest absolute Gasteiger partial charge is 0.251 e. The summed E-state index contributed by atoms with van der Waals surface area (Å²) in [5, 5.41) is 2.92. The first-order valence-corrected chi connectivity index (χ1v) is 6.94. The zero-order valence-corrected chi connectivity index (χ0v) is 12.6. The first-order chi connectivity index (χ1) is 10.1. The number of carbonyl (C=O) groups excluding carboxylic acids is 1. The monoisotopic (exact) mass is 284 g/mol. The molecule has 2 aromatic rings. The summed E-state index contributed by atoms with van der Waals surface area (Å²) in [6, 6.07) is 7.60. The van der Waals surface area contributed by atoms with Gasteiger partial charge in [0.2, 0.25) is 0 Å². The van der Waals surface area contributed by atoms with Crippen LogP contribution in [-0.2, 0) is 6.42 Å². The summed E-state index contributed by atoms with van der Waals surface area (Å²) in [4.78, 5) is 15.9. The van der Waals surface area contributed by atoms with Gasteiger partial charge in [-0.15, -0.1) is 0 Å². The lowest BCUT2D eigenvalue weighted by molar-refractivity contribution is 0.0954. The second-order valence-electron chi connectivity index (χ2n) is 5.02. The highest BCUT2D eigenvalue weighted by atomic mass is 16.5. The van der Waals surface area contributed by atoms with Crippen LogP contribution in [0.15, 0.2) is 36.7 Å². The summed E-state index contributed by atoms with van der Waals surface area (Å²) < 4.78 is 5.45. The van der Waals surface area contributed by atoms with Gasteiger partial charge in [-0.05, 0) is 43.5 Å². The molecule has 0 saturated heterocycles. The van der Waals surface area contributed by atoms with E-state index in [0.29, 0.717) is 12.1 Å². The van der Waals surface area contributed by atoms with Crippen LogP contribution in [0.4, 0.5) is 0 Å². The summed E-state index contributed by atoms with van der Waals surface area (Å²) in [6.07, 6.45) is 3.96. The number of nitrogens with zero attached hydrogens (tertiary/aromatic N) is 1. The number of aromatic nitrogens is 1. The maximum atomic E-state index is 12.0. The highest BCUT2D eigenvalue weighted by molar-refractivity contribution is 5.93. The minimum Gasteiger partial charge on any atom is -0.496 e. The van der Waals surface area contributed by atoms with E-state index in [0.717, 1.165) is 23.3 Å². The third-order valence-corrected chi connectivity index (χ3v) is 3.32. The van der Waals surface area contributed by atoms with Crippen molar-refractivity contribution in [1.29, 1.82) is 0 Å². The molecular weight excluding hydrogens is 264 g/mol. The van der Waals surface area contributed by atoms with Crippen LogP contribution in [0.5, 0.6) is 5.75 Å². The van der Waals surface area contributed by atoms with Crippen LogP contribution in [0.3, 0.4) is 0 Å². The van der Waals surface area contributed by atoms with Crippen molar-refractivity contribution in [3.63, 3.8) is 0 Å². The predicted octanol–water partition coefficient (Wildman–Crippen LogP) is 2.68. The number of amides is 1. The number of ether oxygens (including phenoxy) is 1. The van der Waals surface area contributed by atoms with Crippen molar-refractivity contribution in [2.24, 2.45) is 0 Å². The third kappa shape index (κ3) is 3.81. The second kappa shape index (κ2) is 6.88. The number of benzene rings is 1. The lowest BCUT2D eigenvalue weighted by Crippen LogP contribution is -2.25. The predicted molar refractivity (Wildman–Crippen MR) is 82.7 cm³/mol. The molecule has 0 aliphatic carbocycles. The Morgan fingerprint density at radius 1 is 1.24 bits per heavy atom. The summed E-state index contributed by atoms with van der Waals surface area (Å²) in [5.41, 5.74) is 4.05. The van der Waals surface area contributed by atoms with Gasteiger partial charge in [0.25, 0.3) is 5.91 Å². The molecule has 0 atom stereocenters. The molecule has 0 unspecified atom stereocenters. The van der Waals surface area contributed by atoms with E-state index in [1.165, 1.54) is 5.56 Å². The molecule has 1 N–H and O–H groups in total. The molecule has 1 amide bonds. The van der Waals surface area contributed by atoms with Crippen LogP contribution in [0.1, 0.15) is 27.0 Å². The van der Waals surface area contributed by atoms with Gasteiger partial charge < -0.3 is 10.1 Å². The molecule has 0 saturated carbocycles. The Hall–Kier alpha value is -2.36. The van der Waals surface area contributed by atoms with Gasteiger partial charge in [0.15, 0.2) is 0 Å². The Labute approximate surface area is 125 Å². The Bertz CT molecular complexity index is 624. The van der Waals surface area contributed by atoms with E-state index < -0.39 is 0 Å². The van der Waals surface area contributed by atoms with Gasteiger partial charge in [0, 0.05) is 24.5 Å². The molecule has 110 valence electrons. The summed E-state index contributed by atoms with van der Waals surface area (Å²) >= 11 is 0. The molecule has 21 heavy (non-hydrogen) atoms. The van der Waals surface area contributed by atoms with Crippen molar-refractivity contribution in [2.45, 2.75) is 20.3 Å². The number of hydrogen-bond acceptors (Lipinski definition) is 3. The molecule has 0 fully saturated rings. The quantitative estimate of drug-likeness (QED) is 0.918. The van der Waals surface area contributed by atoms with Crippen molar-refractivity contribution in [3.8, 4) is 5.75 Å². The number of carbonyl (C=O) groups is 1. The number of nitrogens with one attached hydrogen (secondary N) is 1. The maximum absolute atomic E-state index is 12.0. The average molecular weight is 284 g/mol. The van der Waals surface area contributed by atoms with Crippen molar-refractivity contribution in [1.82, 2.24) is 10.3 Å². The lowest BCUT2D eigenvalue weighted by Gasteiger charge is -2.13. The van der Waals surface area contributed by atoms with Gasteiger partial charge in [-0.1, -0.05) is 17.7 Å². The SMILES string of the molecule is COc1c(C)cc(C)cc1CCNC(=O)c1ccncc1. The number of methoxy groups -OCH3 is 1. The fourth-order valence-electron chi connectivity index (χ4n) is 2.44. The Kier molecular flexibility index (Phi) is 4.93. The molecular formula is C17H20N2O2. The average Bonchev–Trinajstić information content (AvgIpc) is 2.47. The number of rotatable bonds is 5. The van der Waals surface area contributed by atoms with Crippen LogP contribution in [0.2, 0.25) is 0 Å². The first-order valence-electron chi connectivity index (χ1n) is 6.94. The highest BCUT2D eigenvalue weighted by Gasteiger charge is 2.09. The van der Waals surface area contributed by atoms with E-state index in [1.807, 2.05) is 6.92 Å². The van der Waals surface area contributed by atoms with Crippen LogP contribution in [0, 0.1) is 13.8 Å². The van der Waals surface area contributed by atoms with Crippen LogP contribution >= 0.6 is 0 Å². The summed E-state index contributed by atoms with van der Waals surface area (Å²) in [6.45, 7) is 4.66. The highest BCUT2D eigenvalue weighted by Crippen LogP contribution is 2.25. The molecule has 4 heteroatoms. The van der Waals surface area contributed by atoms with E-state index >= 15 is 0 Å². The Morgan fingerprint density at radius 2 is 1.95 bits per heavy atom. The first kappa shape index (κ1) is 15.0. The molecule has 0 spiro atoms. The van der Waals surface area contributed by atoms with Crippen LogP contribution in [-0.4, -0.2) is 24.5 Å². The lowest BCUT2D eigenvalue weighted by atomic mass is 10.0. The molecule has 1 aromatic heterocycles. The van der Waals surface area contributed by atoms with Crippen LogP contribution < -0.4 is 10.1 Å². The topological polar surface area (TPSA) is 51.2 Å². The van der Waals surface area contributed by atoms with Gasteiger partial charge in [-0.2, -0.15) is 0 Å². The zero-order valence-electron chi connectivity index (χ0n) is 12.6. The molecule has 2 rings (SSSR count). The molecule has 1 heterocycles. The van der Waals surface area contributed by atoms with Crippen LogP contribution in [0.25, 0.3) is 0 Å². The fourth-order valence-corrected chi connectivity index (χ4v) is 2.44. The standard InChI is InChI=1S/C17H20N2O2/c1-12-10-13(2)16(21-3)15(11-12)6-9-19-17(20)14-4-7-18-8-5-14/h4-5,7-8,10-11H,6,9H2,1-3H3,(H,19,20). The zero-order chi connectivity index (χ0) is 15.2.